The zero-order valence-corrected chi connectivity index (χ0v) is 13.8. The maximum Gasteiger partial charge on any atom is 0.0312 e. The van der Waals surface area contributed by atoms with Gasteiger partial charge in [-0.1, -0.05) is 36.4 Å². The number of aryl methyl sites for hydroxylation is 1. The fourth-order valence-corrected chi connectivity index (χ4v) is 3.28. The van der Waals surface area contributed by atoms with Gasteiger partial charge in [-0.2, -0.15) is 0 Å². The van der Waals surface area contributed by atoms with E-state index in [0.717, 1.165) is 6.54 Å². The molecule has 2 heterocycles. The van der Waals surface area contributed by atoms with E-state index >= 15 is 0 Å². The molecule has 0 atom stereocenters. The van der Waals surface area contributed by atoms with Crippen LogP contribution < -0.4 is 5.32 Å². The summed E-state index contributed by atoms with van der Waals surface area (Å²) in [5.41, 5.74) is 2.73. The molecular weight excluding hydrogens is 282 g/mol. The molecule has 3 heteroatoms. The highest BCUT2D eigenvalue weighted by molar-refractivity contribution is 5.14. The molecular formula is C20H27N3. The van der Waals surface area contributed by atoms with Gasteiger partial charge in [0, 0.05) is 25.0 Å². The minimum atomic E-state index is 0.653. The number of pyridine rings is 1. The molecule has 1 aliphatic rings. The number of aromatic nitrogens is 1. The van der Waals surface area contributed by atoms with Crippen molar-refractivity contribution < 1.29 is 0 Å². The summed E-state index contributed by atoms with van der Waals surface area (Å²) in [6.45, 7) is 4.61. The highest BCUT2D eigenvalue weighted by Gasteiger charge is 2.18. The lowest BCUT2D eigenvalue weighted by molar-refractivity contribution is 0.195. The van der Waals surface area contributed by atoms with Crippen LogP contribution in [0.3, 0.4) is 0 Å². The predicted molar refractivity (Wildman–Crippen MR) is 95.3 cm³/mol. The molecule has 0 saturated carbocycles. The average molecular weight is 309 g/mol. The lowest BCUT2D eigenvalue weighted by Gasteiger charge is -2.32. The van der Waals surface area contributed by atoms with Gasteiger partial charge >= 0.3 is 0 Å². The number of nitrogens with zero attached hydrogens (tertiary/aromatic N) is 2. The number of hydrogen-bond acceptors (Lipinski definition) is 3. The van der Waals surface area contributed by atoms with E-state index in [0.29, 0.717) is 6.04 Å². The largest absolute Gasteiger partial charge is 0.310 e. The third kappa shape index (κ3) is 5.45. The van der Waals surface area contributed by atoms with E-state index in [1.165, 1.54) is 56.4 Å². The van der Waals surface area contributed by atoms with Crippen molar-refractivity contribution in [2.45, 2.75) is 38.3 Å². The Bertz CT molecular complexity index is 548. The fourth-order valence-electron chi connectivity index (χ4n) is 3.28. The molecule has 2 aromatic rings. The fraction of sp³-hybridized carbons (Fsp3) is 0.450. The van der Waals surface area contributed by atoms with E-state index in [4.69, 9.17) is 0 Å². The van der Waals surface area contributed by atoms with Gasteiger partial charge < -0.3 is 10.2 Å². The normalized spacial score (nSPS) is 16.5. The number of nitrogens with one attached hydrogen (secondary N) is 1. The van der Waals surface area contributed by atoms with Crippen LogP contribution in [0, 0.1) is 0 Å². The van der Waals surface area contributed by atoms with Gasteiger partial charge in [-0.25, -0.2) is 0 Å². The van der Waals surface area contributed by atoms with Crippen molar-refractivity contribution in [3.8, 4) is 0 Å². The highest BCUT2D eigenvalue weighted by Crippen LogP contribution is 2.12. The predicted octanol–water partition coefficient (Wildman–Crippen LogP) is 3.27. The lowest BCUT2D eigenvalue weighted by atomic mass is 10.0. The van der Waals surface area contributed by atoms with Crippen molar-refractivity contribution in [2.75, 3.05) is 19.6 Å². The van der Waals surface area contributed by atoms with E-state index < -0.39 is 0 Å². The van der Waals surface area contributed by atoms with Crippen molar-refractivity contribution in [3.63, 3.8) is 0 Å². The van der Waals surface area contributed by atoms with Crippen LogP contribution in [0.2, 0.25) is 0 Å². The molecule has 0 aliphatic carbocycles. The van der Waals surface area contributed by atoms with Crippen LogP contribution in [0.15, 0.2) is 54.9 Å². The summed E-state index contributed by atoms with van der Waals surface area (Å²) in [4.78, 5) is 6.79. The smallest absolute Gasteiger partial charge is 0.0312 e. The highest BCUT2D eigenvalue weighted by atomic mass is 15.1. The molecule has 0 radical (unpaired) electrons. The summed E-state index contributed by atoms with van der Waals surface area (Å²) in [6.07, 6.45) is 8.75. The molecule has 0 unspecified atom stereocenters. The van der Waals surface area contributed by atoms with Gasteiger partial charge in [0.05, 0.1) is 0 Å². The Kier molecular flexibility index (Phi) is 6.18. The van der Waals surface area contributed by atoms with E-state index in [9.17, 15) is 0 Å². The van der Waals surface area contributed by atoms with Crippen LogP contribution >= 0.6 is 0 Å². The number of piperidine rings is 1. The van der Waals surface area contributed by atoms with Gasteiger partial charge in [-0.3, -0.25) is 4.98 Å². The standard InChI is InChI=1S/C20H27N3/c1-2-6-18(7-3-1)9-5-13-23-14-10-20(11-15-23)22-17-19-8-4-12-21-16-19/h1-4,6-8,12,16,20,22H,5,9-11,13-15,17H2. The molecule has 1 aromatic carbocycles. The Balaban J connectivity index is 1.31. The average Bonchev–Trinajstić information content (AvgIpc) is 2.63. The number of benzene rings is 1. The molecule has 0 spiro atoms. The molecule has 1 aliphatic heterocycles. The molecule has 1 N–H and O–H groups in total. The zero-order valence-electron chi connectivity index (χ0n) is 13.8. The van der Waals surface area contributed by atoms with Crippen LogP contribution in [-0.4, -0.2) is 35.6 Å². The van der Waals surface area contributed by atoms with Crippen LogP contribution in [-0.2, 0) is 13.0 Å². The van der Waals surface area contributed by atoms with Gasteiger partial charge in [0.25, 0.3) is 0 Å². The van der Waals surface area contributed by atoms with E-state index in [-0.39, 0.29) is 0 Å². The SMILES string of the molecule is c1ccc(CCCN2CCC(NCc3cccnc3)CC2)cc1. The van der Waals surface area contributed by atoms with Crippen molar-refractivity contribution in [1.29, 1.82) is 0 Å². The second kappa shape index (κ2) is 8.80. The molecule has 1 saturated heterocycles. The molecule has 1 aromatic heterocycles. The maximum absolute atomic E-state index is 4.17. The topological polar surface area (TPSA) is 28.2 Å². The Labute approximate surface area is 139 Å². The van der Waals surface area contributed by atoms with Crippen LogP contribution in [0.25, 0.3) is 0 Å². The van der Waals surface area contributed by atoms with Gasteiger partial charge in [-0.15, -0.1) is 0 Å². The summed E-state index contributed by atoms with van der Waals surface area (Å²) in [5.74, 6) is 0. The summed E-state index contributed by atoms with van der Waals surface area (Å²) in [6, 6.07) is 15.6. The minimum absolute atomic E-state index is 0.653. The monoisotopic (exact) mass is 309 g/mol. The molecule has 0 bridgehead atoms. The van der Waals surface area contributed by atoms with Crippen molar-refractivity contribution >= 4 is 0 Å². The van der Waals surface area contributed by atoms with Crippen LogP contribution in [0.5, 0.6) is 0 Å². The van der Waals surface area contributed by atoms with Crippen molar-refractivity contribution in [1.82, 2.24) is 15.2 Å². The minimum Gasteiger partial charge on any atom is -0.310 e. The van der Waals surface area contributed by atoms with Crippen LogP contribution in [0.4, 0.5) is 0 Å². The Morgan fingerprint density at radius 2 is 1.78 bits per heavy atom. The van der Waals surface area contributed by atoms with Crippen LogP contribution in [0.1, 0.15) is 30.4 Å². The third-order valence-electron chi connectivity index (χ3n) is 4.69. The lowest BCUT2D eigenvalue weighted by Crippen LogP contribution is -2.42. The second-order valence-corrected chi connectivity index (χ2v) is 6.45. The Morgan fingerprint density at radius 1 is 1.00 bits per heavy atom. The van der Waals surface area contributed by atoms with Gasteiger partial charge in [0.15, 0.2) is 0 Å². The number of likely N-dealkylation sites (tertiary alicyclic amines) is 1. The molecule has 3 rings (SSSR count). The summed E-state index contributed by atoms with van der Waals surface area (Å²) >= 11 is 0. The van der Waals surface area contributed by atoms with Gasteiger partial charge in [0.2, 0.25) is 0 Å². The van der Waals surface area contributed by atoms with Crippen molar-refractivity contribution in [3.05, 3.63) is 66.0 Å². The van der Waals surface area contributed by atoms with E-state index in [2.05, 4.69) is 51.6 Å². The molecule has 0 amide bonds. The first-order chi connectivity index (χ1) is 11.4. The summed E-state index contributed by atoms with van der Waals surface area (Å²) in [7, 11) is 0. The number of rotatable bonds is 7. The van der Waals surface area contributed by atoms with E-state index in [1.54, 1.807) is 0 Å². The molecule has 3 nitrogen and oxygen atoms in total. The first kappa shape index (κ1) is 16.2. The molecule has 23 heavy (non-hydrogen) atoms. The summed E-state index contributed by atoms with van der Waals surface area (Å²) in [5, 5.41) is 3.67. The van der Waals surface area contributed by atoms with Gasteiger partial charge in [0.1, 0.15) is 0 Å². The second-order valence-electron chi connectivity index (χ2n) is 6.45. The zero-order chi connectivity index (χ0) is 15.7. The molecule has 1 fully saturated rings. The van der Waals surface area contributed by atoms with Crippen molar-refractivity contribution in [2.24, 2.45) is 0 Å². The Morgan fingerprint density at radius 3 is 2.52 bits per heavy atom. The first-order valence-corrected chi connectivity index (χ1v) is 8.79. The number of hydrogen-bond donors (Lipinski definition) is 1. The third-order valence-corrected chi connectivity index (χ3v) is 4.69. The van der Waals surface area contributed by atoms with Gasteiger partial charge in [-0.05, 0) is 62.5 Å². The molecule has 122 valence electrons. The van der Waals surface area contributed by atoms with E-state index in [1.807, 2.05) is 18.5 Å². The Hall–Kier alpha value is -1.71. The first-order valence-electron chi connectivity index (χ1n) is 8.79. The quantitative estimate of drug-likeness (QED) is 0.851. The maximum atomic E-state index is 4.17. The summed E-state index contributed by atoms with van der Waals surface area (Å²) < 4.78 is 0.